The third-order valence-electron chi connectivity index (χ3n) is 6.03. The Hall–Kier alpha value is -2.80. The number of nitrogens with one attached hydrogen (secondary N) is 1. The molecule has 1 aliphatic heterocycles. The third kappa shape index (κ3) is 9.91. The van der Waals surface area contributed by atoms with E-state index in [1.807, 2.05) is 26.0 Å². The van der Waals surface area contributed by atoms with Gasteiger partial charge in [0.15, 0.2) is 0 Å². The summed E-state index contributed by atoms with van der Waals surface area (Å²) in [5.74, 6) is -1.02. The molecule has 3 rings (SSSR count). The number of carbonyl (C=O) groups is 2. The van der Waals surface area contributed by atoms with Gasteiger partial charge in [0.2, 0.25) is 21.8 Å². The van der Waals surface area contributed by atoms with Crippen molar-refractivity contribution in [2.75, 3.05) is 19.6 Å². The first kappa shape index (κ1) is 34.4. The molecule has 0 radical (unpaired) electrons. The molecule has 0 spiro atoms. The molecule has 41 heavy (non-hydrogen) atoms. The van der Waals surface area contributed by atoms with Crippen molar-refractivity contribution in [2.45, 2.75) is 46.0 Å². The van der Waals surface area contributed by atoms with Gasteiger partial charge >= 0.3 is 6.18 Å². The summed E-state index contributed by atoms with van der Waals surface area (Å²) in [6.07, 6.45) is 7.85. The zero-order valence-corrected chi connectivity index (χ0v) is 25.3. The largest absolute Gasteiger partial charge is 0.416 e. The first-order valence-electron chi connectivity index (χ1n) is 12.8. The number of hydrogen-bond donors (Lipinski definition) is 2. The van der Waals surface area contributed by atoms with E-state index >= 15 is 0 Å². The number of thiol groups is 1. The number of sulfonamides is 1. The first-order chi connectivity index (χ1) is 19.3. The zero-order valence-electron chi connectivity index (χ0n) is 22.9. The van der Waals surface area contributed by atoms with Gasteiger partial charge in [0.05, 0.1) is 5.56 Å². The highest BCUT2D eigenvalue weighted by atomic mass is 35.5. The smallest absolute Gasteiger partial charge is 0.351 e. The van der Waals surface area contributed by atoms with E-state index in [0.29, 0.717) is 17.0 Å². The summed E-state index contributed by atoms with van der Waals surface area (Å²) in [6, 6.07) is 2.98. The maximum absolute atomic E-state index is 13.4. The van der Waals surface area contributed by atoms with Crippen molar-refractivity contribution in [1.29, 1.82) is 0 Å². The minimum Gasteiger partial charge on any atom is -0.351 e. The lowest BCUT2D eigenvalue weighted by atomic mass is 10.1. The number of rotatable bonds is 7. The van der Waals surface area contributed by atoms with Crippen LogP contribution in [0.2, 0.25) is 0 Å². The van der Waals surface area contributed by atoms with E-state index < -0.39 is 33.7 Å². The summed E-state index contributed by atoms with van der Waals surface area (Å²) in [5.41, 5.74) is 0.378. The van der Waals surface area contributed by atoms with Crippen LogP contribution in [0.1, 0.15) is 38.3 Å². The monoisotopic (exact) mass is 631 g/mol. The summed E-state index contributed by atoms with van der Waals surface area (Å²) >= 11 is 10.2. The second-order valence-electron chi connectivity index (χ2n) is 8.74. The fraction of sp³-hybridized carbons (Fsp3) is 0.357. The van der Waals surface area contributed by atoms with E-state index in [2.05, 4.69) is 17.9 Å². The quantitative estimate of drug-likeness (QED) is 0.305. The van der Waals surface area contributed by atoms with Crippen LogP contribution in [-0.2, 0) is 32.3 Å². The zero-order chi connectivity index (χ0) is 30.8. The van der Waals surface area contributed by atoms with Crippen LogP contribution in [-0.4, -0.2) is 55.1 Å². The molecule has 1 aromatic rings. The van der Waals surface area contributed by atoms with E-state index in [0.717, 1.165) is 22.0 Å². The van der Waals surface area contributed by atoms with E-state index in [9.17, 15) is 31.2 Å². The molecule has 0 saturated carbocycles. The lowest BCUT2D eigenvalue weighted by Gasteiger charge is -2.39. The lowest BCUT2D eigenvalue weighted by molar-refractivity contribution is -0.138. The van der Waals surface area contributed by atoms with Crippen LogP contribution in [0.3, 0.4) is 0 Å². The lowest BCUT2D eigenvalue weighted by Crippen LogP contribution is -2.61. The molecule has 1 heterocycles. The topological polar surface area (TPSA) is 86.8 Å². The number of halogens is 4. The highest BCUT2D eigenvalue weighted by Crippen LogP contribution is 2.29. The standard InChI is InChI=1S/C26H27ClF3N3O4S2.C2H6/c1-18(34)32-14-15-33(39(36,37)24(38)7-3-5-19-4-2-6-22(27)13-10-19)23(17-32)25(35)31-16-20-8-11-21(12-9-20)26(28,29)30;1-2/h3-13,23,38H,2,14-17H2,1H3,(H,31,35);1-2H3/b5-3+,24-7+;. The van der Waals surface area contributed by atoms with Crippen molar-refractivity contribution < 1.29 is 31.2 Å². The van der Waals surface area contributed by atoms with Gasteiger partial charge in [-0.2, -0.15) is 17.5 Å². The Bertz CT molecular complexity index is 1350. The summed E-state index contributed by atoms with van der Waals surface area (Å²) < 4.78 is 65.8. The molecular formula is C28H33ClF3N3O4S2. The molecule has 1 fully saturated rings. The van der Waals surface area contributed by atoms with Crippen LogP contribution in [0.25, 0.3) is 0 Å². The van der Waals surface area contributed by atoms with Gasteiger partial charge in [-0.15, -0.1) is 12.6 Å². The van der Waals surface area contributed by atoms with Gasteiger partial charge in [-0.05, 0) is 41.8 Å². The van der Waals surface area contributed by atoms with Crippen molar-refractivity contribution in [3.8, 4) is 0 Å². The number of benzene rings is 1. The Labute approximate surface area is 249 Å². The minimum absolute atomic E-state index is 0.0829. The Balaban J connectivity index is 0.00000287. The molecule has 1 aliphatic carbocycles. The Morgan fingerprint density at radius 3 is 2.39 bits per heavy atom. The van der Waals surface area contributed by atoms with Crippen LogP contribution >= 0.6 is 24.2 Å². The maximum atomic E-state index is 13.4. The van der Waals surface area contributed by atoms with E-state index in [-0.39, 0.29) is 36.3 Å². The van der Waals surface area contributed by atoms with Crippen LogP contribution < -0.4 is 5.32 Å². The predicted octanol–water partition coefficient (Wildman–Crippen LogP) is 5.55. The molecule has 1 aromatic carbocycles. The van der Waals surface area contributed by atoms with Crippen LogP contribution in [0.5, 0.6) is 0 Å². The van der Waals surface area contributed by atoms with Crippen molar-refractivity contribution in [1.82, 2.24) is 14.5 Å². The number of allylic oxidation sites excluding steroid dienone is 9. The van der Waals surface area contributed by atoms with Gasteiger partial charge in [0, 0.05) is 38.1 Å². The average molecular weight is 632 g/mol. The molecule has 1 atom stereocenters. The van der Waals surface area contributed by atoms with Gasteiger partial charge in [-0.1, -0.05) is 68.0 Å². The van der Waals surface area contributed by atoms with E-state index in [4.69, 9.17) is 11.6 Å². The number of piperazine rings is 1. The van der Waals surface area contributed by atoms with Crippen molar-refractivity contribution >= 4 is 46.1 Å². The predicted molar refractivity (Wildman–Crippen MR) is 158 cm³/mol. The maximum Gasteiger partial charge on any atom is 0.416 e. The first-order valence-corrected chi connectivity index (χ1v) is 15.1. The summed E-state index contributed by atoms with van der Waals surface area (Å²) in [7, 11) is -4.21. The van der Waals surface area contributed by atoms with Crippen LogP contribution in [0.4, 0.5) is 13.2 Å². The fourth-order valence-corrected chi connectivity index (χ4v) is 5.73. The summed E-state index contributed by atoms with van der Waals surface area (Å²) in [5, 5.41) is 3.16. The molecule has 1 saturated heterocycles. The number of amides is 2. The fourth-order valence-electron chi connectivity index (χ4n) is 3.86. The average Bonchev–Trinajstić information content (AvgIpc) is 3.15. The number of carbonyl (C=O) groups excluding carboxylic acids is 2. The minimum atomic E-state index is -4.49. The molecule has 1 N–H and O–H groups in total. The van der Waals surface area contributed by atoms with E-state index in [1.54, 1.807) is 18.2 Å². The second kappa shape index (κ2) is 15.4. The molecular weight excluding hydrogens is 599 g/mol. The molecule has 13 heteroatoms. The molecule has 0 aromatic heterocycles. The molecule has 1 unspecified atom stereocenters. The molecule has 0 bridgehead atoms. The Morgan fingerprint density at radius 2 is 1.78 bits per heavy atom. The van der Waals surface area contributed by atoms with Gasteiger partial charge in [-0.3, -0.25) is 9.59 Å². The highest BCUT2D eigenvalue weighted by Gasteiger charge is 2.41. The molecule has 2 aliphatic rings. The number of nitrogens with zero attached hydrogens (tertiary/aromatic N) is 2. The highest BCUT2D eigenvalue weighted by molar-refractivity contribution is 8.09. The van der Waals surface area contributed by atoms with E-state index in [1.165, 1.54) is 36.1 Å². The van der Waals surface area contributed by atoms with Gasteiger partial charge in [0.25, 0.3) is 0 Å². The van der Waals surface area contributed by atoms with Crippen molar-refractivity contribution in [3.63, 3.8) is 0 Å². The normalized spacial score (nSPS) is 18.7. The second-order valence-corrected chi connectivity index (χ2v) is 11.8. The van der Waals surface area contributed by atoms with Crippen molar-refractivity contribution in [3.05, 3.63) is 92.8 Å². The molecule has 7 nitrogen and oxygen atoms in total. The SMILES string of the molecule is CC.CC(=O)N1CCN(S(=O)(=O)/C(S)=C/C=C/C2=CCC=C(Cl)C=C2)C(C(=O)NCc2ccc(C(F)(F)F)cc2)C1. The van der Waals surface area contributed by atoms with Crippen molar-refractivity contribution in [2.24, 2.45) is 0 Å². The van der Waals surface area contributed by atoms with Crippen LogP contribution in [0.15, 0.2) is 81.6 Å². The summed E-state index contributed by atoms with van der Waals surface area (Å²) in [6.45, 7) is 4.94. The summed E-state index contributed by atoms with van der Waals surface area (Å²) in [4.78, 5) is 26.4. The molecule has 224 valence electrons. The van der Waals surface area contributed by atoms with Gasteiger partial charge in [-0.25, -0.2) is 8.42 Å². The Morgan fingerprint density at radius 1 is 1.12 bits per heavy atom. The number of hydrogen-bond acceptors (Lipinski definition) is 5. The van der Waals surface area contributed by atoms with Gasteiger partial charge < -0.3 is 10.2 Å². The number of alkyl halides is 3. The Kier molecular flexibility index (Phi) is 13.0. The molecule has 2 amide bonds. The van der Waals surface area contributed by atoms with Gasteiger partial charge in [0.1, 0.15) is 10.3 Å². The van der Waals surface area contributed by atoms with Crippen LogP contribution in [0, 0.1) is 0 Å². The third-order valence-corrected chi connectivity index (χ3v) is 8.87.